The second-order valence-electron chi connectivity index (χ2n) is 3.81. The molecule has 1 unspecified atom stereocenters. The van der Waals surface area contributed by atoms with Crippen LogP contribution in [0.5, 0.6) is 0 Å². The Hall–Kier alpha value is -0.870. The van der Waals surface area contributed by atoms with Crippen molar-refractivity contribution in [3.8, 4) is 0 Å². The summed E-state index contributed by atoms with van der Waals surface area (Å²) in [6.07, 6.45) is 5.98. The van der Waals surface area contributed by atoms with E-state index in [2.05, 4.69) is 5.10 Å². The lowest BCUT2D eigenvalue weighted by molar-refractivity contribution is 0.0470. The average Bonchev–Trinajstić information content (AvgIpc) is 2.67. The van der Waals surface area contributed by atoms with Gasteiger partial charge >= 0.3 is 0 Å². The Bertz CT molecular complexity index is 279. The first-order chi connectivity index (χ1) is 6.88. The smallest absolute Gasteiger partial charge is 0.0712 e. The molecule has 0 spiro atoms. The number of rotatable bonds is 3. The van der Waals surface area contributed by atoms with Crippen molar-refractivity contribution in [2.24, 2.45) is 5.92 Å². The summed E-state index contributed by atoms with van der Waals surface area (Å²) in [6, 6.07) is 0. The predicted octanol–water partition coefficient (Wildman–Crippen LogP) is 0.802. The van der Waals surface area contributed by atoms with Gasteiger partial charge in [0.25, 0.3) is 0 Å². The van der Waals surface area contributed by atoms with E-state index < -0.39 is 0 Å². The SMILES string of the molecule is OCc1cnn(CC2CCCOC2)c1. The van der Waals surface area contributed by atoms with Gasteiger partial charge in [-0.25, -0.2) is 0 Å². The zero-order chi connectivity index (χ0) is 9.80. The molecule has 4 nitrogen and oxygen atoms in total. The highest BCUT2D eigenvalue weighted by Gasteiger charge is 2.14. The molecule has 1 aliphatic rings. The van der Waals surface area contributed by atoms with Crippen LogP contribution in [-0.2, 0) is 17.9 Å². The molecule has 1 atom stereocenters. The fourth-order valence-corrected chi connectivity index (χ4v) is 1.80. The van der Waals surface area contributed by atoms with Crippen molar-refractivity contribution >= 4 is 0 Å². The third-order valence-electron chi connectivity index (χ3n) is 2.57. The number of hydrogen-bond acceptors (Lipinski definition) is 3. The van der Waals surface area contributed by atoms with Gasteiger partial charge in [-0.3, -0.25) is 4.68 Å². The van der Waals surface area contributed by atoms with E-state index >= 15 is 0 Å². The molecular formula is C10H16N2O2. The molecule has 78 valence electrons. The van der Waals surface area contributed by atoms with E-state index in [-0.39, 0.29) is 6.61 Å². The monoisotopic (exact) mass is 196 g/mol. The van der Waals surface area contributed by atoms with Crippen molar-refractivity contribution in [2.45, 2.75) is 26.0 Å². The maximum absolute atomic E-state index is 8.88. The first-order valence-corrected chi connectivity index (χ1v) is 5.08. The Morgan fingerprint density at radius 2 is 2.57 bits per heavy atom. The molecule has 0 radical (unpaired) electrons. The highest BCUT2D eigenvalue weighted by molar-refractivity contribution is 5.01. The Balaban J connectivity index is 1.89. The van der Waals surface area contributed by atoms with Crippen molar-refractivity contribution in [1.29, 1.82) is 0 Å². The summed E-state index contributed by atoms with van der Waals surface area (Å²) in [7, 11) is 0. The Morgan fingerprint density at radius 1 is 1.64 bits per heavy atom. The maximum atomic E-state index is 8.88. The molecule has 1 N–H and O–H groups in total. The second-order valence-corrected chi connectivity index (χ2v) is 3.81. The first-order valence-electron chi connectivity index (χ1n) is 5.08. The van der Waals surface area contributed by atoms with E-state index in [9.17, 15) is 0 Å². The second kappa shape index (κ2) is 4.57. The van der Waals surface area contributed by atoms with Crippen LogP contribution in [0.1, 0.15) is 18.4 Å². The van der Waals surface area contributed by atoms with Gasteiger partial charge in [0.15, 0.2) is 0 Å². The van der Waals surface area contributed by atoms with Crippen molar-refractivity contribution < 1.29 is 9.84 Å². The highest BCUT2D eigenvalue weighted by atomic mass is 16.5. The third kappa shape index (κ3) is 2.33. The van der Waals surface area contributed by atoms with E-state index in [4.69, 9.17) is 9.84 Å². The van der Waals surface area contributed by atoms with Crippen LogP contribution in [0.2, 0.25) is 0 Å². The van der Waals surface area contributed by atoms with E-state index in [1.807, 2.05) is 10.9 Å². The number of aliphatic hydroxyl groups excluding tert-OH is 1. The van der Waals surface area contributed by atoms with Crippen LogP contribution in [0.25, 0.3) is 0 Å². The maximum Gasteiger partial charge on any atom is 0.0712 e. The minimum absolute atomic E-state index is 0.0706. The third-order valence-corrected chi connectivity index (χ3v) is 2.57. The Morgan fingerprint density at radius 3 is 3.21 bits per heavy atom. The Kier molecular flexibility index (Phi) is 3.16. The summed E-state index contributed by atoms with van der Waals surface area (Å²) in [5, 5.41) is 13.1. The normalized spacial score (nSPS) is 22.5. The standard InChI is InChI=1S/C10H16N2O2/c13-7-10-4-11-12(6-10)5-9-2-1-3-14-8-9/h4,6,9,13H,1-3,5,7-8H2. The lowest BCUT2D eigenvalue weighted by Gasteiger charge is -2.21. The molecular weight excluding hydrogens is 180 g/mol. The minimum atomic E-state index is 0.0706. The summed E-state index contributed by atoms with van der Waals surface area (Å²) in [6.45, 7) is 2.72. The lowest BCUT2D eigenvalue weighted by Crippen LogP contribution is -2.22. The van der Waals surface area contributed by atoms with Gasteiger partial charge in [0, 0.05) is 30.8 Å². The summed E-state index contributed by atoms with van der Waals surface area (Å²) < 4.78 is 7.29. The van der Waals surface area contributed by atoms with Gasteiger partial charge in [0.1, 0.15) is 0 Å². The van der Waals surface area contributed by atoms with Crippen LogP contribution in [0.15, 0.2) is 12.4 Å². The number of aliphatic hydroxyl groups is 1. The largest absolute Gasteiger partial charge is 0.392 e. The number of hydrogen-bond donors (Lipinski definition) is 1. The van der Waals surface area contributed by atoms with Gasteiger partial charge < -0.3 is 9.84 Å². The van der Waals surface area contributed by atoms with E-state index in [0.29, 0.717) is 5.92 Å². The number of ether oxygens (including phenoxy) is 1. The van der Waals surface area contributed by atoms with E-state index in [1.54, 1.807) is 6.20 Å². The van der Waals surface area contributed by atoms with Gasteiger partial charge in [-0.2, -0.15) is 5.10 Å². The van der Waals surface area contributed by atoms with Crippen molar-refractivity contribution in [2.75, 3.05) is 13.2 Å². The van der Waals surface area contributed by atoms with Crippen LogP contribution >= 0.6 is 0 Å². The molecule has 1 aromatic heterocycles. The van der Waals surface area contributed by atoms with Crippen molar-refractivity contribution in [1.82, 2.24) is 9.78 Å². The highest BCUT2D eigenvalue weighted by Crippen LogP contribution is 2.15. The molecule has 1 aromatic rings. The molecule has 0 saturated carbocycles. The van der Waals surface area contributed by atoms with Gasteiger partial charge in [0.05, 0.1) is 19.4 Å². The summed E-state index contributed by atoms with van der Waals surface area (Å²) in [5.74, 6) is 0.579. The predicted molar refractivity (Wildman–Crippen MR) is 51.7 cm³/mol. The number of nitrogens with zero attached hydrogens (tertiary/aromatic N) is 2. The van der Waals surface area contributed by atoms with Crippen LogP contribution < -0.4 is 0 Å². The van der Waals surface area contributed by atoms with Gasteiger partial charge in [-0.05, 0) is 12.8 Å². The quantitative estimate of drug-likeness (QED) is 0.778. The van der Waals surface area contributed by atoms with E-state index in [1.165, 1.54) is 6.42 Å². The van der Waals surface area contributed by atoms with Gasteiger partial charge in [0.2, 0.25) is 0 Å². The van der Waals surface area contributed by atoms with Crippen LogP contribution in [0.3, 0.4) is 0 Å². The summed E-state index contributed by atoms with van der Waals surface area (Å²) in [4.78, 5) is 0. The molecule has 14 heavy (non-hydrogen) atoms. The molecule has 0 aromatic carbocycles. The molecule has 0 aliphatic carbocycles. The lowest BCUT2D eigenvalue weighted by atomic mass is 10.0. The molecule has 1 fully saturated rings. The topological polar surface area (TPSA) is 47.3 Å². The fourth-order valence-electron chi connectivity index (χ4n) is 1.80. The summed E-state index contributed by atoms with van der Waals surface area (Å²) in [5.41, 5.74) is 0.877. The molecule has 1 saturated heterocycles. The molecule has 2 heterocycles. The van der Waals surface area contributed by atoms with Crippen LogP contribution in [-0.4, -0.2) is 28.1 Å². The van der Waals surface area contributed by atoms with Gasteiger partial charge in [-0.1, -0.05) is 0 Å². The minimum Gasteiger partial charge on any atom is -0.392 e. The molecule has 4 heteroatoms. The van der Waals surface area contributed by atoms with Crippen LogP contribution in [0, 0.1) is 5.92 Å². The zero-order valence-electron chi connectivity index (χ0n) is 8.22. The van der Waals surface area contributed by atoms with Crippen molar-refractivity contribution in [3.63, 3.8) is 0 Å². The van der Waals surface area contributed by atoms with Gasteiger partial charge in [-0.15, -0.1) is 0 Å². The van der Waals surface area contributed by atoms with Crippen molar-refractivity contribution in [3.05, 3.63) is 18.0 Å². The Labute approximate surface area is 83.5 Å². The van der Waals surface area contributed by atoms with E-state index in [0.717, 1.165) is 31.7 Å². The molecule has 1 aliphatic heterocycles. The fraction of sp³-hybridized carbons (Fsp3) is 0.700. The summed E-state index contributed by atoms with van der Waals surface area (Å²) >= 11 is 0. The molecule has 2 rings (SSSR count). The van der Waals surface area contributed by atoms with Crippen LogP contribution in [0.4, 0.5) is 0 Å². The number of aromatic nitrogens is 2. The first kappa shape index (κ1) is 9.68. The average molecular weight is 196 g/mol. The molecule has 0 bridgehead atoms. The molecule has 0 amide bonds. The zero-order valence-corrected chi connectivity index (χ0v) is 8.22.